The molecule has 0 aliphatic rings. The standard InChI is InChI=1S/C16H17NO4/c1-10(15(19)17(2)3)21-16(20)13-9-8-11-6-4-5-7-12(11)14(13)18/h4-10,18H,1-3H3/t10-/m0/s1. The quantitative estimate of drug-likeness (QED) is 0.879. The highest BCUT2D eigenvalue weighted by Gasteiger charge is 2.22. The first kappa shape index (κ1) is 14.8. The highest BCUT2D eigenvalue weighted by molar-refractivity contribution is 6.01. The molecule has 0 radical (unpaired) electrons. The molecule has 0 fully saturated rings. The SMILES string of the molecule is C[C@H](OC(=O)c1ccc2ccccc2c1O)C(=O)N(C)C. The molecule has 0 spiro atoms. The maximum Gasteiger partial charge on any atom is 0.342 e. The number of carbonyl (C=O) groups excluding carboxylic acids is 2. The van der Waals surface area contributed by atoms with Gasteiger partial charge in [-0.2, -0.15) is 0 Å². The van der Waals surface area contributed by atoms with Crippen molar-refractivity contribution in [1.29, 1.82) is 0 Å². The highest BCUT2D eigenvalue weighted by atomic mass is 16.5. The smallest absolute Gasteiger partial charge is 0.342 e. The number of rotatable bonds is 3. The summed E-state index contributed by atoms with van der Waals surface area (Å²) in [4.78, 5) is 25.1. The van der Waals surface area contributed by atoms with Crippen molar-refractivity contribution in [1.82, 2.24) is 4.90 Å². The van der Waals surface area contributed by atoms with Gasteiger partial charge in [-0.05, 0) is 18.4 Å². The minimum absolute atomic E-state index is 0.0482. The molecule has 5 heteroatoms. The van der Waals surface area contributed by atoms with Gasteiger partial charge in [-0.25, -0.2) is 4.79 Å². The Labute approximate surface area is 122 Å². The van der Waals surface area contributed by atoms with E-state index in [1.165, 1.54) is 17.9 Å². The summed E-state index contributed by atoms with van der Waals surface area (Å²) in [7, 11) is 3.17. The van der Waals surface area contributed by atoms with Gasteiger partial charge in [0, 0.05) is 19.5 Å². The van der Waals surface area contributed by atoms with Crippen LogP contribution in [0.4, 0.5) is 0 Å². The molecule has 2 aromatic rings. The Morgan fingerprint density at radius 3 is 2.48 bits per heavy atom. The molecule has 0 aliphatic carbocycles. The van der Waals surface area contributed by atoms with Gasteiger partial charge in [0.05, 0.1) is 0 Å². The third-order valence-electron chi connectivity index (χ3n) is 3.19. The predicted molar refractivity (Wildman–Crippen MR) is 79.2 cm³/mol. The van der Waals surface area contributed by atoms with Gasteiger partial charge in [-0.1, -0.05) is 30.3 Å². The topological polar surface area (TPSA) is 66.8 Å². The second-order valence-corrected chi connectivity index (χ2v) is 4.96. The van der Waals surface area contributed by atoms with Crippen LogP contribution in [0.5, 0.6) is 5.75 Å². The number of likely N-dealkylation sites (N-methyl/N-ethyl adjacent to an activating group) is 1. The number of carbonyl (C=O) groups is 2. The molecule has 0 unspecified atom stereocenters. The van der Waals surface area contributed by atoms with E-state index in [1.807, 2.05) is 12.1 Å². The fraction of sp³-hybridized carbons (Fsp3) is 0.250. The molecule has 2 aromatic carbocycles. The zero-order valence-electron chi connectivity index (χ0n) is 12.2. The number of phenols is 1. The van der Waals surface area contributed by atoms with Crippen LogP contribution in [-0.4, -0.2) is 42.1 Å². The fourth-order valence-corrected chi connectivity index (χ4v) is 2.06. The van der Waals surface area contributed by atoms with Crippen LogP contribution in [0, 0.1) is 0 Å². The molecule has 0 aliphatic heterocycles. The van der Waals surface area contributed by atoms with Gasteiger partial charge in [-0.3, -0.25) is 4.79 Å². The average molecular weight is 287 g/mol. The maximum absolute atomic E-state index is 12.1. The lowest BCUT2D eigenvalue weighted by molar-refractivity contribution is -0.137. The molecule has 0 heterocycles. The van der Waals surface area contributed by atoms with Crippen molar-refractivity contribution in [2.45, 2.75) is 13.0 Å². The van der Waals surface area contributed by atoms with Crippen LogP contribution in [0.3, 0.4) is 0 Å². The molecule has 21 heavy (non-hydrogen) atoms. The Balaban J connectivity index is 2.28. The molecule has 0 bridgehead atoms. The van der Waals surface area contributed by atoms with Crippen molar-refractivity contribution in [2.75, 3.05) is 14.1 Å². The molecule has 110 valence electrons. The molecular weight excluding hydrogens is 270 g/mol. The number of hydrogen-bond donors (Lipinski definition) is 1. The van der Waals surface area contributed by atoms with Crippen LogP contribution in [0.25, 0.3) is 10.8 Å². The molecule has 1 N–H and O–H groups in total. The third-order valence-corrected chi connectivity index (χ3v) is 3.19. The van der Waals surface area contributed by atoms with Crippen molar-refractivity contribution in [2.24, 2.45) is 0 Å². The average Bonchev–Trinajstić information content (AvgIpc) is 2.46. The summed E-state index contributed by atoms with van der Waals surface area (Å²) in [5, 5.41) is 11.6. The minimum Gasteiger partial charge on any atom is -0.506 e. The Kier molecular flexibility index (Phi) is 4.12. The minimum atomic E-state index is -0.904. The molecule has 0 saturated carbocycles. The Bertz CT molecular complexity index is 694. The first-order valence-corrected chi connectivity index (χ1v) is 6.54. The van der Waals surface area contributed by atoms with Crippen LogP contribution >= 0.6 is 0 Å². The maximum atomic E-state index is 12.1. The van der Waals surface area contributed by atoms with E-state index in [0.717, 1.165) is 5.39 Å². The van der Waals surface area contributed by atoms with Crippen LogP contribution in [0.1, 0.15) is 17.3 Å². The number of amides is 1. The van der Waals surface area contributed by atoms with E-state index in [2.05, 4.69) is 0 Å². The zero-order valence-corrected chi connectivity index (χ0v) is 12.2. The number of hydrogen-bond acceptors (Lipinski definition) is 4. The van der Waals surface area contributed by atoms with E-state index < -0.39 is 12.1 Å². The highest BCUT2D eigenvalue weighted by Crippen LogP contribution is 2.29. The molecule has 1 amide bonds. The first-order chi connectivity index (χ1) is 9.91. The second-order valence-electron chi connectivity index (χ2n) is 4.96. The lowest BCUT2D eigenvalue weighted by atomic mass is 10.1. The van der Waals surface area contributed by atoms with Crippen LogP contribution < -0.4 is 0 Å². The molecule has 0 saturated heterocycles. The number of benzene rings is 2. The second kappa shape index (κ2) is 5.83. The molecule has 2 rings (SSSR count). The summed E-state index contributed by atoms with van der Waals surface area (Å²) in [5.41, 5.74) is 0.0482. The lowest BCUT2D eigenvalue weighted by Crippen LogP contribution is -2.34. The van der Waals surface area contributed by atoms with Crippen LogP contribution in [0.15, 0.2) is 36.4 Å². The number of phenolic OH excluding ortho intramolecular Hbond substituents is 1. The van der Waals surface area contributed by atoms with Crippen molar-refractivity contribution >= 4 is 22.6 Å². The summed E-state index contributed by atoms with van der Waals surface area (Å²) in [5.74, 6) is -1.17. The number of esters is 1. The normalized spacial score (nSPS) is 12.0. The van der Waals surface area contributed by atoms with Gasteiger partial charge in [0.25, 0.3) is 5.91 Å². The van der Waals surface area contributed by atoms with Crippen molar-refractivity contribution in [3.63, 3.8) is 0 Å². The van der Waals surface area contributed by atoms with E-state index in [4.69, 9.17) is 4.74 Å². The van der Waals surface area contributed by atoms with E-state index in [9.17, 15) is 14.7 Å². The Hall–Kier alpha value is -2.56. The monoisotopic (exact) mass is 287 g/mol. The first-order valence-electron chi connectivity index (χ1n) is 6.54. The number of fused-ring (bicyclic) bond motifs is 1. The lowest BCUT2D eigenvalue weighted by Gasteiger charge is -2.17. The van der Waals surface area contributed by atoms with Crippen molar-refractivity contribution in [3.05, 3.63) is 42.0 Å². The van der Waals surface area contributed by atoms with Crippen molar-refractivity contribution in [3.8, 4) is 5.75 Å². The van der Waals surface area contributed by atoms with E-state index in [0.29, 0.717) is 5.39 Å². The van der Waals surface area contributed by atoms with Crippen LogP contribution in [0.2, 0.25) is 0 Å². The largest absolute Gasteiger partial charge is 0.506 e. The van der Waals surface area contributed by atoms with E-state index in [1.54, 1.807) is 32.3 Å². The summed E-state index contributed by atoms with van der Waals surface area (Å²) >= 11 is 0. The van der Waals surface area contributed by atoms with Gasteiger partial charge in [0.15, 0.2) is 6.10 Å². The summed E-state index contributed by atoms with van der Waals surface area (Å²) in [6, 6.07) is 10.4. The molecule has 1 atom stereocenters. The number of nitrogens with zero attached hydrogens (tertiary/aromatic N) is 1. The third kappa shape index (κ3) is 2.97. The Morgan fingerprint density at radius 1 is 1.14 bits per heavy atom. The van der Waals surface area contributed by atoms with E-state index >= 15 is 0 Å². The fourth-order valence-electron chi connectivity index (χ4n) is 2.06. The van der Waals surface area contributed by atoms with Gasteiger partial charge in [0.1, 0.15) is 11.3 Å². The van der Waals surface area contributed by atoms with E-state index in [-0.39, 0.29) is 17.2 Å². The van der Waals surface area contributed by atoms with Gasteiger partial charge >= 0.3 is 5.97 Å². The molecule has 0 aromatic heterocycles. The number of aromatic hydroxyl groups is 1. The van der Waals surface area contributed by atoms with Gasteiger partial charge in [0.2, 0.25) is 0 Å². The predicted octanol–water partition coefficient (Wildman–Crippen LogP) is 2.18. The molecular formula is C16H17NO4. The molecule has 5 nitrogen and oxygen atoms in total. The summed E-state index contributed by atoms with van der Waals surface area (Å²) in [6.07, 6.45) is -0.904. The zero-order chi connectivity index (χ0) is 15.6. The van der Waals surface area contributed by atoms with Crippen LogP contribution in [-0.2, 0) is 9.53 Å². The van der Waals surface area contributed by atoms with Crippen molar-refractivity contribution < 1.29 is 19.4 Å². The van der Waals surface area contributed by atoms with Gasteiger partial charge < -0.3 is 14.7 Å². The summed E-state index contributed by atoms with van der Waals surface area (Å²) < 4.78 is 5.10. The van der Waals surface area contributed by atoms with Gasteiger partial charge in [-0.15, -0.1) is 0 Å². The summed E-state index contributed by atoms with van der Waals surface area (Å²) in [6.45, 7) is 1.50. The number of ether oxygens (including phenoxy) is 1. The Morgan fingerprint density at radius 2 is 1.81 bits per heavy atom.